The van der Waals surface area contributed by atoms with Crippen LogP contribution in [0.3, 0.4) is 0 Å². The lowest BCUT2D eigenvalue weighted by Crippen LogP contribution is -2.19. The molecular weight excluding hydrogens is 166 g/mol. The van der Waals surface area contributed by atoms with Gasteiger partial charge in [-0.15, -0.1) is 6.58 Å². The van der Waals surface area contributed by atoms with Crippen LogP contribution in [0.1, 0.15) is 6.42 Å². The molecule has 13 heavy (non-hydrogen) atoms. The van der Waals surface area contributed by atoms with Crippen LogP contribution in [0.4, 0.5) is 0 Å². The Morgan fingerprint density at radius 2 is 1.69 bits per heavy atom. The molecule has 78 valence electrons. The summed E-state index contributed by atoms with van der Waals surface area (Å²) in [4.78, 5) is 2.10. The van der Waals surface area contributed by atoms with Crippen LogP contribution in [-0.4, -0.2) is 52.0 Å². The second-order valence-electron chi connectivity index (χ2n) is 3.11. The molecule has 3 nitrogen and oxygen atoms in total. The molecule has 0 aromatic heterocycles. The molecule has 0 aromatic carbocycles. The predicted molar refractivity (Wildman–Crippen MR) is 55.0 cm³/mol. The lowest BCUT2D eigenvalue weighted by Gasteiger charge is -2.09. The van der Waals surface area contributed by atoms with Gasteiger partial charge < -0.3 is 14.4 Å². The van der Waals surface area contributed by atoms with Crippen molar-refractivity contribution < 1.29 is 9.47 Å². The van der Waals surface area contributed by atoms with Gasteiger partial charge in [0.05, 0.1) is 26.4 Å². The van der Waals surface area contributed by atoms with E-state index < -0.39 is 0 Å². The molecule has 0 bridgehead atoms. The highest BCUT2D eigenvalue weighted by atomic mass is 16.5. The van der Waals surface area contributed by atoms with Gasteiger partial charge in [0.1, 0.15) is 0 Å². The van der Waals surface area contributed by atoms with Gasteiger partial charge in [-0.3, -0.25) is 0 Å². The van der Waals surface area contributed by atoms with Gasteiger partial charge in [-0.2, -0.15) is 0 Å². The van der Waals surface area contributed by atoms with Gasteiger partial charge in [0.2, 0.25) is 0 Å². The fourth-order valence-corrected chi connectivity index (χ4v) is 0.736. The van der Waals surface area contributed by atoms with Crippen molar-refractivity contribution in [2.24, 2.45) is 0 Å². The van der Waals surface area contributed by atoms with Crippen LogP contribution in [0, 0.1) is 0 Å². The molecule has 0 saturated heterocycles. The van der Waals surface area contributed by atoms with E-state index in [-0.39, 0.29) is 0 Å². The van der Waals surface area contributed by atoms with E-state index in [2.05, 4.69) is 11.5 Å². The molecule has 0 aliphatic heterocycles. The SMILES string of the molecule is C=CCCOCCOCCN(C)C. The molecule has 0 spiro atoms. The van der Waals surface area contributed by atoms with Gasteiger partial charge in [0.25, 0.3) is 0 Å². The van der Waals surface area contributed by atoms with Crippen LogP contribution >= 0.6 is 0 Å². The highest BCUT2D eigenvalue weighted by molar-refractivity contribution is 4.64. The zero-order chi connectivity index (χ0) is 9.94. The maximum absolute atomic E-state index is 5.33. The maximum atomic E-state index is 5.33. The molecule has 0 amide bonds. The zero-order valence-corrected chi connectivity index (χ0v) is 8.79. The highest BCUT2D eigenvalue weighted by Gasteiger charge is 1.90. The van der Waals surface area contributed by atoms with E-state index in [1.165, 1.54) is 0 Å². The maximum Gasteiger partial charge on any atom is 0.0701 e. The van der Waals surface area contributed by atoms with E-state index in [0.29, 0.717) is 13.2 Å². The van der Waals surface area contributed by atoms with E-state index in [1.54, 1.807) is 0 Å². The van der Waals surface area contributed by atoms with Crippen molar-refractivity contribution in [1.82, 2.24) is 4.90 Å². The number of hydrogen-bond donors (Lipinski definition) is 0. The van der Waals surface area contributed by atoms with Crippen LogP contribution in [0.5, 0.6) is 0 Å². The average Bonchev–Trinajstić information content (AvgIpc) is 2.09. The molecule has 0 aromatic rings. The third-order valence-electron chi connectivity index (χ3n) is 1.52. The first kappa shape index (κ1) is 12.6. The molecule has 0 N–H and O–H groups in total. The first-order valence-electron chi connectivity index (χ1n) is 4.68. The Bertz CT molecular complexity index is 115. The van der Waals surface area contributed by atoms with Crippen molar-refractivity contribution in [3.05, 3.63) is 12.7 Å². The van der Waals surface area contributed by atoms with Gasteiger partial charge in [0.15, 0.2) is 0 Å². The van der Waals surface area contributed by atoms with E-state index in [4.69, 9.17) is 9.47 Å². The van der Waals surface area contributed by atoms with Crippen LogP contribution in [-0.2, 0) is 9.47 Å². The van der Waals surface area contributed by atoms with Crippen LogP contribution in [0.2, 0.25) is 0 Å². The lowest BCUT2D eigenvalue weighted by atomic mass is 10.5. The predicted octanol–water partition coefficient (Wildman–Crippen LogP) is 1.16. The number of ether oxygens (including phenoxy) is 2. The van der Waals surface area contributed by atoms with Crippen LogP contribution in [0.15, 0.2) is 12.7 Å². The summed E-state index contributed by atoms with van der Waals surface area (Å²) >= 11 is 0. The number of rotatable bonds is 9. The van der Waals surface area contributed by atoms with Gasteiger partial charge in [-0.25, -0.2) is 0 Å². The topological polar surface area (TPSA) is 21.7 Å². The minimum atomic E-state index is 0.682. The highest BCUT2D eigenvalue weighted by Crippen LogP contribution is 1.84. The van der Waals surface area contributed by atoms with Gasteiger partial charge in [-0.05, 0) is 20.5 Å². The monoisotopic (exact) mass is 187 g/mol. The van der Waals surface area contributed by atoms with Crippen molar-refractivity contribution in [2.45, 2.75) is 6.42 Å². The molecular formula is C10H21NO2. The summed E-state index contributed by atoms with van der Waals surface area (Å²) in [5.41, 5.74) is 0. The summed E-state index contributed by atoms with van der Waals surface area (Å²) in [6.07, 6.45) is 2.77. The fourth-order valence-electron chi connectivity index (χ4n) is 0.736. The Morgan fingerprint density at radius 1 is 1.08 bits per heavy atom. The summed E-state index contributed by atoms with van der Waals surface area (Å²) < 4.78 is 10.6. The minimum Gasteiger partial charge on any atom is -0.379 e. The number of hydrogen-bond acceptors (Lipinski definition) is 3. The summed E-state index contributed by atoms with van der Waals surface area (Å²) in [5, 5.41) is 0. The molecule has 0 aliphatic carbocycles. The van der Waals surface area contributed by atoms with E-state index in [9.17, 15) is 0 Å². The second kappa shape index (κ2) is 9.71. The number of likely N-dealkylation sites (N-methyl/N-ethyl adjacent to an activating group) is 1. The molecule has 0 aliphatic rings. The van der Waals surface area contributed by atoms with Crippen molar-refractivity contribution in [1.29, 1.82) is 0 Å². The third-order valence-corrected chi connectivity index (χ3v) is 1.52. The van der Waals surface area contributed by atoms with Gasteiger partial charge in [-0.1, -0.05) is 6.08 Å². The Balaban J connectivity index is 2.87. The Kier molecular flexibility index (Phi) is 9.42. The van der Waals surface area contributed by atoms with Crippen LogP contribution < -0.4 is 0 Å². The lowest BCUT2D eigenvalue weighted by molar-refractivity contribution is 0.0443. The molecule has 3 heteroatoms. The first-order valence-corrected chi connectivity index (χ1v) is 4.68. The molecule has 0 saturated carbocycles. The van der Waals surface area contributed by atoms with Crippen LogP contribution in [0.25, 0.3) is 0 Å². The standard InChI is InChI=1S/C10H21NO2/c1-4-5-7-12-9-10-13-8-6-11(2)3/h4H,1,5-10H2,2-3H3. The Hall–Kier alpha value is -0.380. The fraction of sp³-hybridized carbons (Fsp3) is 0.800. The Morgan fingerprint density at radius 3 is 2.23 bits per heavy atom. The molecule has 0 radical (unpaired) electrons. The van der Waals surface area contributed by atoms with E-state index in [0.717, 1.165) is 26.2 Å². The Labute approximate surface area is 81.3 Å². The average molecular weight is 187 g/mol. The van der Waals surface area contributed by atoms with E-state index in [1.807, 2.05) is 20.2 Å². The largest absolute Gasteiger partial charge is 0.379 e. The number of nitrogens with zero attached hydrogens (tertiary/aromatic N) is 1. The van der Waals surface area contributed by atoms with Crippen molar-refractivity contribution in [3.63, 3.8) is 0 Å². The molecule has 0 rings (SSSR count). The van der Waals surface area contributed by atoms with Crippen molar-refractivity contribution in [2.75, 3.05) is 47.1 Å². The van der Waals surface area contributed by atoms with E-state index >= 15 is 0 Å². The summed E-state index contributed by atoms with van der Waals surface area (Å²) in [7, 11) is 4.06. The normalized spacial score (nSPS) is 10.7. The molecule has 0 unspecified atom stereocenters. The van der Waals surface area contributed by atoms with Gasteiger partial charge in [0, 0.05) is 6.54 Å². The smallest absolute Gasteiger partial charge is 0.0701 e. The summed E-state index contributed by atoms with van der Waals surface area (Å²) in [6.45, 7) is 7.47. The summed E-state index contributed by atoms with van der Waals surface area (Å²) in [5.74, 6) is 0. The molecule has 0 heterocycles. The minimum absolute atomic E-state index is 0.682. The molecule has 0 fully saturated rings. The molecule has 0 atom stereocenters. The first-order chi connectivity index (χ1) is 6.27. The van der Waals surface area contributed by atoms with Crippen molar-refractivity contribution in [3.8, 4) is 0 Å². The van der Waals surface area contributed by atoms with Crippen molar-refractivity contribution >= 4 is 0 Å². The van der Waals surface area contributed by atoms with Gasteiger partial charge >= 0.3 is 0 Å². The third kappa shape index (κ3) is 11.6. The summed E-state index contributed by atoms with van der Waals surface area (Å²) in [6, 6.07) is 0. The quantitative estimate of drug-likeness (QED) is 0.399. The second-order valence-corrected chi connectivity index (χ2v) is 3.11. The zero-order valence-electron chi connectivity index (χ0n) is 8.79.